The van der Waals surface area contributed by atoms with E-state index >= 15 is 0 Å². The summed E-state index contributed by atoms with van der Waals surface area (Å²) in [6, 6.07) is 7.65. The van der Waals surface area contributed by atoms with Gasteiger partial charge in [0, 0.05) is 5.92 Å². The Morgan fingerprint density at radius 2 is 2.00 bits per heavy atom. The quantitative estimate of drug-likeness (QED) is 0.904. The van der Waals surface area contributed by atoms with E-state index in [1.165, 1.54) is 0 Å². The Kier molecular flexibility index (Phi) is 3.23. The van der Waals surface area contributed by atoms with Crippen LogP contribution in [0.15, 0.2) is 24.3 Å². The van der Waals surface area contributed by atoms with E-state index in [1.807, 2.05) is 29.2 Å². The monoisotopic (exact) mass is 258 g/mol. The smallest absolute Gasteiger partial charge is 0.243 e. The maximum Gasteiger partial charge on any atom is 0.243 e. The summed E-state index contributed by atoms with van der Waals surface area (Å²) in [6.07, 6.45) is 4.35. The highest BCUT2D eigenvalue weighted by atomic mass is 16.2. The molecule has 100 valence electrons. The van der Waals surface area contributed by atoms with E-state index in [1.54, 1.807) is 0 Å². The van der Waals surface area contributed by atoms with E-state index in [2.05, 4.69) is 5.32 Å². The van der Waals surface area contributed by atoms with E-state index < -0.39 is 0 Å². The predicted molar refractivity (Wildman–Crippen MR) is 74.2 cm³/mol. The molecule has 0 unspecified atom stereocenters. The number of carbonyl (C=O) groups is 2. The number of carbonyl (C=O) groups excluding carboxylic acids is 2. The Bertz CT molecular complexity index is 507. The molecule has 0 aromatic heterocycles. The number of anilines is 2. The highest BCUT2D eigenvalue weighted by molar-refractivity contribution is 6.02. The van der Waals surface area contributed by atoms with Crippen LogP contribution in [0, 0.1) is 5.92 Å². The third-order valence-corrected chi connectivity index (χ3v) is 4.01. The molecule has 3 rings (SSSR count). The predicted octanol–water partition coefficient (Wildman–Crippen LogP) is 2.20. The molecule has 1 aromatic rings. The molecule has 0 saturated heterocycles. The van der Waals surface area contributed by atoms with Crippen molar-refractivity contribution in [1.82, 2.24) is 0 Å². The van der Waals surface area contributed by atoms with Crippen molar-refractivity contribution in [3.05, 3.63) is 24.3 Å². The number of ketones is 1. The number of benzene rings is 1. The maximum atomic E-state index is 12.3. The topological polar surface area (TPSA) is 49.4 Å². The lowest BCUT2D eigenvalue weighted by Gasteiger charge is -2.30. The number of Topliss-reactive ketones (excluding diaryl/α,β-unsaturated/α-hetero) is 1. The van der Waals surface area contributed by atoms with Crippen LogP contribution in [-0.2, 0) is 9.59 Å². The largest absolute Gasteiger partial charge is 0.353 e. The third kappa shape index (κ3) is 2.48. The zero-order valence-electron chi connectivity index (χ0n) is 10.9. The molecular formula is C15H18N2O2. The van der Waals surface area contributed by atoms with Gasteiger partial charge in [-0.3, -0.25) is 9.59 Å². The first-order chi connectivity index (χ1) is 9.24. The van der Waals surface area contributed by atoms with Crippen molar-refractivity contribution in [2.45, 2.75) is 25.7 Å². The van der Waals surface area contributed by atoms with Gasteiger partial charge >= 0.3 is 0 Å². The summed E-state index contributed by atoms with van der Waals surface area (Å²) in [7, 11) is 0. The first-order valence-corrected chi connectivity index (χ1v) is 6.90. The Morgan fingerprint density at radius 1 is 1.26 bits per heavy atom. The van der Waals surface area contributed by atoms with Gasteiger partial charge in [-0.25, -0.2) is 0 Å². The van der Waals surface area contributed by atoms with Gasteiger partial charge in [0.15, 0.2) is 5.78 Å². The van der Waals surface area contributed by atoms with Crippen molar-refractivity contribution in [2.75, 3.05) is 23.3 Å². The number of hydrogen-bond donors (Lipinski definition) is 1. The lowest BCUT2D eigenvalue weighted by atomic mass is 10.0. The first kappa shape index (κ1) is 12.2. The van der Waals surface area contributed by atoms with Crippen molar-refractivity contribution < 1.29 is 9.59 Å². The third-order valence-electron chi connectivity index (χ3n) is 4.01. The normalized spacial score (nSPS) is 19.2. The van der Waals surface area contributed by atoms with Crippen LogP contribution in [0.1, 0.15) is 25.7 Å². The summed E-state index contributed by atoms with van der Waals surface area (Å²) in [5.74, 6) is 0.442. The Balaban J connectivity index is 1.77. The average molecular weight is 258 g/mol. The Morgan fingerprint density at radius 3 is 2.79 bits per heavy atom. The van der Waals surface area contributed by atoms with Gasteiger partial charge in [0.05, 0.1) is 24.5 Å². The lowest BCUT2D eigenvalue weighted by Crippen LogP contribution is -2.42. The van der Waals surface area contributed by atoms with Gasteiger partial charge in [-0.1, -0.05) is 25.0 Å². The standard InChI is InChI=1S/C15H18N2O2/c18-14(11-5-1-2-6-11)9-17-10-15(19)16-12-7-3-4-8-13(12)17/h3-4,7-8,11H,1-2,5-6,9-10H2,(H,16,19). The molecule has 2 aliphatic rings. The lowest BCUT2D eigenvalue weighted by molar-refractivity contribution is -0.121. The number of amides is 1. The van der Waals surface area contributed by atoms with Crippen LogP contribution in [0.5, 0.6) is 0 Å². The number of hydrogen-bond acceptors (Lipinski definition) is 3. The molecule has 1 saturated carbocycles. The van der Waals surface area contributed by atoms with Crippen molar-refractivity contribution >= 4 is 23.1 Å². The molecule has 0 spiro atoms. The van der Waals surface area contributed by atoms with Gasteiger partial charge in [-0.05, 0) is 25.0 Å². The molecular weight excluding hydrogens is 240 g/mol. The van der Waals surface area contributed by atoms with Gasteiger partial charge in [0.2, 0.25) is 5.91 Å². The molecule has 4 nitrogen and oxygen atoms in total. The summed E-state index contributed by atoms with van der Waals surface area (Å²) in [5.41, 5.74) is 1.76. The van der Waals surface area contributed by atoms with E-state index in [4.69, 9.17) is 0 Å². The zero-order chi connectivity index (χ0) is 13.2. The van der Waals surface area contributed by atoms with Crippen LogP contribution in [0.3, 0.4) is 0 Å². The van der Waals surface area contributed by atoms with E-state index in [0.29, 0.717) is 6.54 Å². The number of nitrogens with one attached hydrogen (secondary N) is 1. The van der Waals surface area contributed by atoms with Crippen LogP contribution in [-0.4, -0.2) is 24.8 Å². The van der Waals surface area contributed by atoms with Crippen molar-refractivity contribution in [3.8, 4) is 0 Å². The van der Waals surface area contributed by atoms with Crippen molar-refractivity contribution in [2.24, 2.45) is 5.92 Å². The molecule has 1 N–H and O–H groups in total. The molecule has 0 bridgehead atoms. The summed E-state index contributed by atoms with van der Waals surface area (Å²) >= 11 is 0. The second-order valence-corrected chi connectivity index (χ2v) is 5.37. The van der Waals surface area contributed by atoms with Gasteiger partial charge in [0.1, 0.15) is 0 Å². The molecule has 1 amide bonds. The van der Waals surface area contributed by atoms with Gasteiger partial charge in [-0.2, -0.15) is 0 Å². The minimum atomic E-state index is -0.0436. The number of para-hydroxylation sites is 2. The highest BCUT2D eigenvalue weighted by Crippen LogP contribution is 2.30. The first-order valence-electron chi connectivity index (χ1n) is 6.90. The molecule has 1 aromatic carbocycles. The van der Waals surface area contributed by atoms with Gasteiger partial charge < -0.3 is 10.2 Å². The van der Waals surface area contributed by atoms with Crippen LogP contribution in [0.25, 0.3) is 0 Å². The molecule has 0 atom stereocenters. The van der Waals surface area contributed by atoms with Crippen molar-refractivity contribution in [1.29, 1.82) is 0 Å². The van der Waals surface area contributed by atoms with E-state index in [0.717, 1.165) is 37.1 Å². The second-order valence-electron chi connectivity index (χ2n) is 5.37. The Hall–Kier alpha value is -1.84. The second kappa shape index (κ2) is 5.03. The molecule has 1 aliphatic carbocycles. The van der Waals surface area contributed by atoms with Crippen molar-refractivity contribution in [3.63, 3.8) is 0 Å². The summed E-state index contributed by atoms with van der Waals surface area (Å²) < 4.78 is 0. The molecule has 1 fully saturated rings. The van der Waals surface area contributed by atoms with Crippen LogP contribution < -0.4 is 10.2 Å². The fraction of sp³-hybridized carbons (Fsp3) is 0.467. The van der Waals surface area contributed by atoms with Gasteiger partial charge in [-0.15, -0.1) is 0 Å². The summed E-state index contributed by atoms with van der Waals surface area (Å²) in [6.45, 7) is 0.630. The molecule has 1 heterocycles. The minimum Gasteiger partial charge on any atom is -0.353 e. The number of fused-ring (bicyclic) bond motifs is 1. The van der Waals surface area contributed by atoms with Gasteiger partial charge in [0.25, 0.3) is 0 Å². The van der Waals surface area contributed by atoms with E-state index in [-0.39, 0.29) is 24.2 Å². The molecule has 4 heteroatoms. The molecule has 19 heavy (non-hydrogen) atoms. The Labute approximate surface area is 112 Å². The summed E-state index contributed by atoms with van der Waals surface area (Å²) in [4.78, 5) is 25.8. The minimum absolute atomic E-state index is 0.0436. The maximum absolute atomic E-state index is 12.3. The van der Waals surface area contributed by atoms with Crippen LogP contribution in [0.4, 0.5) is 11.4 Å². The number of nitrogens with zero attached hydrogens (tertiary/aromatic N) is 1. The van der Waals surface area contributed by atoms with Crippen LogP contribution >= 0.6 is 0 Å². The fourth-order valence-corrected chi connectivity index (χ4v) is 3.01. The SMILES string of the molecule is O=C1CN(CC(=O)C2CCCC2)c2ccccc2N1. The van der Waals surface area contributed by atoms with E-state index in [9.17, 15) is 9.59 Å². The molecule has 0 radical (unpaired) electrons. The summed E-state index contributed by atoms with van der Waals surface area (Å²) in [5, 5.41) is 2.84. The van der Waals surface area contributed by atoms with Crippen LogP contribution in [0.2, 0.25) is 0 Å². The highest BCUT2D eigenvalue weighted by Gasteiger charge is 2.28. The zero-order valence-corrected chi connectivity index (χ0v) is 10.9. The molecule has 1 aliphatic heterocycles. The number of rotatable bonds is 3. The fourth-order valence-electron chi connectivity index (χ4n) is 3.01. The average Bonchev–Trinajstić information content (AvgIpc) is 2.92.